The summed E-state index contributed by atoms with van der Waals surface area (Å²) in [6, 6.07) is 17.2. The first-order valence-corrected chi connectivity index (χ1v) is 11.0. The maximum atomic E-state index is 4.30. The fourth-order valence-corrected chi connectivity index (χ4v) is 4.15. The molecule has 2 aromatic carbocycles. The normalized spacial score (nSPS) is 16.0. The van der Waals surface area contributed by atoms with Gasteiger partial charge in [0.1, 0.15) is 0 Å². The third-order valence-corrected chi connectivity index (χ3v) is 6.20. The molecule has 0 atom stereocenters. The fraction of sp³-hybridized carbons (Fsp3) is 0.407. The van der Waals surface area contributed by atoms with Crippen molar-refractivity contribution in [3.05, 3.63) is 89.1 Å². The summed E-state index contributed by atoms with van der Waals surface area (Å²) in [6.07, 6.45) is 5.79. The first kappa shape index (κ1) is 21.4. The maximum Gasteiger partial charge on any atom is 0.0236 e. The Morgan fingerprint density at radius 3 is 2.34 bits per heavy atom. The molecule has 0 unspecified atom stereocenters. The van der Waals surface area contributed by atoms with Gasteiger partial charge < -0.3 is 5.32 Å². The molecule has 1 saturated heterocycles. The lowest BCUT2D eigenvalue weighted by Crippen LogP contribution is -2.36. The Morgan fingerprint density at radius 1 is 1.03 bits per heavy atom. The van der Waals surface area contributed by atoms with Gasteiger partial charge in [0.2, 0.25) is 0 Å². The van der Waals surface area contributed by atoms with E-state index in [9.17, 15) is 0 Å². The Morgan fingerprint density at radius 2 is 1.69 bits per heavy atom. The van der Waals surface area contributed by atoms with Crippen molar-refractivity contribution < 1.29 is 0 Å². The van der Waals surface area contributed by atoms with E-state index >= 15 is 0 Å². The van der Waals surface area contributed by atoms with Crippen LogP contribution in [0.5, 0.6) is 0 Å². The highest BCUT2D eigenvalue weighted by Crippen LogP contribution is 2.22. The average Bonchev–Trinajstić information content (AvgIpc) is 2.74. The van der Waals surface area contributed by atoms with Gasteiger partial charge in [0.15, 0.2) is 0 Å². The topological polar surface area (TPSA) is 15.3 Å². The number of nitrogens with one attached hydrogen (secondary N) is 1. The van der Waals surface area contributed by atoms with Crippen LogP contribution in [0.3, 0.4) is 0 Å². The number of hydrogen-bond donors (Lipinski definition) is 1. The second-order valence-corrected chi connectivity index (χ2v) is 8.39. The second kappa shape index (κ2) is 10.5. The zero-order chi connectivity index (χ0) is 20.6. The number of rotatable bonds is 8. The van der Waals surface area contributed by atoms with Crippen LogP contribution in [0, 0.1) is 19.8 Å². The fourth-order valence-electron chi connectivity index (χ4n) is 4.15. The van der Waals surface area contributed by atoms with E-state index in [4.69, 9.17) is 0 Å². The first-order valence-electron chi connectivity index (χ1n) is 11.0. The van der Waals surface area contributed by atoms with Crippen LogP contribution in [0.15, 0.2) is 66.9 Å². The second-order valence-electron chi connectivity index (χ2n) is 8.39. The number of aryl methyl sites for hydroxylation is 2. The zero-order valence-corrected chi connectivity index (χ0v) is 18.4. The lowest BCUT2D eigenvalue weighted by molar-refractivity contribution is 0.176. The summed E-state index contributed by atoms with van der Waals surface area (Å²) in [6.45, 7) is 15.4. The molecule has 0 aliphatic carbocycles. The van der Waals surface area contributed by atoms with Crippen molar-refractivity contribution in [1.82, 2.24) is 10.2 Å². The van der Waals surface area contributed by atoms with Crippen LogP contribution in [0.2, 0.25) is 0 Å². The van der Waals surface area contributed by atoms with Gasteiger partial charge in [0.25, 0.3) is 0 Å². The van der Waals surface area contributed by atoms with Crippen molar-refractivity contribution in [3.8, 4) is 0 Å². The van der Waals surface area contributed by atoms with Crippen molar-refractivity contribution in [2.24, 2.45) is 5.92 Å². The number of allylic oxidation sites excluding steroid dienone is 3. The van der Waals surface area contributed by atoms with E-state index in [2.05, 4.69) is 92.2 Å². The van der Waals surface area contributed by atoms with E-state index in [1.165, 1.54) is 53.9 Å². The Kier molecular flexibility index (Phi) is 7.71. The number of nitrogens with zero attached hydrogens (tertiary/aromatic N) is 1. The van der Waals surface area contributed by atoms with Crippen molar-refractivity contribution in [2.75, 3.05) is 19.6 Å². The molecule has 154 valence electrons. The van der Waals surface area contributed by atoms with Crippen LogP contribution in [-0.4, -0.2) is 24.5 Å². The largest absolute Gasteiger partial charge is 0.388 e. The highest BCUT2D eigenvalue weighted by atomic mass is 15.1. The lowest BCUT2D eigenvalue weighted by Gasteiger charge is -2.32. The highest BCUT2D eigenvalue weighted by molar-refractivity contribution is 5.74. The quantitative estimate of drug-likeness (QED) is 0.549. The first-order chi connectivity index (χ1) is 14.1. The molecule has 2 nitrogen and oxygen atoms in total. The Bertz CT molecular complexity index is 841. The third kappa shape index (κ3) is 6.08. The molecule has 2 aromatic rings. The molecule has 2 heteroatoms. The maximum absolute atomic E-state index is 4.30. The summed E-state index contributed by atoms with van der Waals surface area (Å²) in [5.74, 6) is 0.754. The molecule has 3 rings (SSSR count). The van der Waals surface area contributed by atoms with E-state index in [1.54, 1.807) is 0 Å². The SMILES string of the molecule is C=C(/C=C(\CC)NCC1CCN(Cc2ccccc2C)CC1)c1ccccc1C. The molecule has 29 heavy (non-hydrogen) atoms. The minimum atomic E-state index is 0.754. The summed E-state index contributed by atoms with van der Waals surface area (Å²) in [5, 5.41) is 3.71. The van der Waals surface area contributed by atoms with Crippen molar-refractivity contribution >= 4 is 5.57 Å². The van der Waals surface area contributed by atoms with E-state index < -0.39 is 0 Å². The molecular weight excluding hydrogens is 352 g/mol. The zero-order valence-electron chi connectivity index (χ0n) is 18.4. The van der Waals surface area contributed by atoms with Gasteiger partial charge in [0, 0.05) is 18.8 Å². The molecule has 1 heterocycles. The van der Waals surface area contributed by atoms with Crippen molar-refractivity contribution in [3.63, 3.8) is 0 Å². The van der Waals surface area contributed by atoms with E-state index in [-0.39, 0.29) is 0 Å². The number of benzene rings is 2. The van der Waals surface area contributed by atoms with Gasteiger partial charge in [-0.05, 0) is 86.0 Å². The third-order valence-electron chi connectivity index (χ3n) is 6.20. The summed E-state index contributed by atoms with van der Waals surface area (Å²) >= 11 is 0. The highest BCUT2D eigenvalue weighted by Gasteiger charge is 2.19. The summed E-state index contributed by atoms with van der Waals surface area (Å²) in [4.78, 5) is 2.61. The van der Waals surface area contributed by atoms with Crippen LogP contribution in [0.25, 0.3) is 5.57 Å². The number of hydrogen-bond acceptors (Lipinski definition) is 2. The van der Waals surface area contributed by atoms with Crippen molar-refractivity contribution in [2.45, 2.75) is 46.6 Å². The molecule has 1 aliphatic heterocycles. The molecule has 0 spiro atoms. The summed E-state index contributed by atoms with van der Waals surface area (Å²) < 4.78 is 0. The lowest BCUT2D eigenvalue weighted by atomic mass is 9.95. The average molecular weight is 389 g/mol. The molecule has 0 bridgehead atoms. The summed E-state index contributed by atoms with van der Waals surface area (Å²) in [5.41, 5.74) is 7.79. The van der Waals surface area contributed by atoms with Gasteiger partial charge in [-0.1, -0.05) is 62.0 Å². The summed E-state index contributed by atoms with van der Waals surface area (Å²) in [7, 11) is 0. The molecule has 0 aromatic heterocycles. The molecular formula is C27H36N2. The van der Waals surface area contributed by atoms with Gasteiger partial charge in [-0.15, -0.1) is 0 Å². The van der Waals surface area contributed by atoms with Crippen LogP contribution in [0.1, 0.15) is 48.4 Å². The Hall–Kier alpha value is -2.32. The molecule has 0 saturated carbocycles. The minimum absolute atomic E-state index is 0.754. The molecule has 0 radical (unpaired) electrons. The molecule has 1 aliphatic rings. The standard InChI is InChI=1S/C27H36N2/c1-5-26(18-23(4)27-13-9-7-11-22(27)3)28-19-24-14-16-29(17-15-24)20-25-12-8-6-10-21(25)2/h6-13,18,24,28H,4-5,14-17,19-20H2,1-3H3/b26-18+. The number of likely N-dealkylation sites (tertiary alicyclic amines) is 1. The smallest absolute Gasteiger partial charge is 0.0236 e. The van der Waals surface area contributed by atoms with Gasteiger partial charge in [0.05, 0.1) is 0 Å². The Balaban J connectivity index is 1.48. The molecule has 0 amide bonds. The van der Waals surface area contributed by atoms with Crippen molar-refractivity contribution in [1.29, 1.82) is 0 Å². The van der Waals surface area contributed by atoms with E-state index in [0.29, 0.717) is 0 Å². The monoisotopic (exact) mass is 388 g/mol. The van der Waals surface area contributed by atoms with E-state index in [1.807, 2.05) is 0 Å². The van der Waals surface area contributed by atoms with Crippen LogP contribution in [-0.2, 0) is 6.54 Å². The van der Waals surface area contributed by atoms with Crippen LogP contribution in [0.4, 0.5) is 0 Å². The van der Waals surface area contributed by atoms with Crippen LogP contribution < -0.4 is 5.32 Å². The van der Waals surface area contributed by atoms with Gasteiger partial charge in [-0.25, -0.2) is 0 Å². The van der Waals surface area contributed by atoms with E-state index in [0.717, 1.165) is 31.0 Å². The predicted molar refractivity (Wildman–Crippen MR) is 126 cm³/mol. The predicted octanol–water partition coefficient (Wildman–Crippen LogP) is 6.11. The number of piperidine rings is 1. The minimum Gasteiger partial charge on any atom is -0.388 e. The molecule has 1 fully saturated rings. The van der Waals surface area contributed by atoms with Gasteiger partial charge in [-0.2, -0.15) is 0 Å². The molecule has 1 N–H and O–H groups in total. The van der Waals surface area contributed by atoms with Crippen LogP contribution >= 0.6 is 0 Å². The van der Waals surface area contributed by atoms with Gasteiger partial charge in [-0.3, -0.25) is 4.90 Å². The van der Waals surface area contributed by atoms with Gasteiger partial charge >= 0.3 is 0 Å². The Labute approximate surface area is 177 Å².